The Morgan fingerprint density at radius 3 is 3.06 bits per heavy atom. The molecule has 2 atom stereocenters. The van der Waals surface area contributed by atoms with Gasteiger partial charge in [0.05, 0.1) is 23.3 Å². The first-order chi connectivity index (χ1) is 8.11. The third kappa shape index (κ3) is 2.78. The fourth-order valence-electron chi connectivity index (χ4n) is 2.07. The van der Waals surface area contributed by atoms with Gasteiger partial charge in [-0.15, -0.1) is 0 Å². The summed E-state index contributed by atoms with van der Waals surface area (Å²) in [4.78, 5) is 6.57. The Labute approximate surface area is 110 Å². The second kappa shape index (κ2) is 5.33. The smallest absolute Gasteiger partial charge is 0.143 e. The van der Waals surface area contributed by atoms with Gasteiger partial charge in [0.25, 0.3) is 0 Å². The third-order valence-electron chi connectivity index (χ3n) is 2.89. The van der Waals surface area contributed by atoms with Gasteiger partial charge < -0.3 is 14.7 Å². The highest BCUT2D eigenvalue weighted by molar-refractivity contribution is 9.10. The minimum absolute atomic E-state index is 0.0459. The number of halogens is 1. The molecule has 2 heterocycles. The van der Waals surface area contributed by atoms with E-state index in [0.29, 0.717) is 6.54 Å². The number of anilines is 1. The van der Waals surface area contributed by atoms with Gasteiger partial charge in [-0.25, -0.2) is 4.98 Å². The molecule has 1 saturated heterocycles. The lowest BCUT2D eigenvalue weighted by molar-refractivity contribution is -0.0423. The lowest BCUT2D eigenvalue weighted by Crippen LogP contribution is -2.48. The molecule has 1 aromatic rings. The first-order valence-corrected chi connectivity index (χ1v) is 6.53. The minimum Gasteiger partial charge on any atom is -0.394 e. The van der Waals surface area contributed by atoms with E-state index in [2.05, 4.69) is 25.8 Å². The van der Waals surface area contributed by atoms with Crippen molar-refractivity contribution in [1.82, 2.24) is 4.98 Å². The van der Waals surface area contributed by atoms with Crippen molar-refractivity contribution in [1.29, 1.82) is 0 Å². The number of hydrogen-bond acceptors (Lipinski definition) is 4. The maximum absolute atomic E-state index is 9.21. The minimum atomic E-state index is -0.132. The van der Waals surface area contributed by atoms with E-state index in [1.165, 1.54) is 0 Å². The Morgan fingerprint density at radius 2 is 2.35 bits per heavy atom. The van der Waals surface area contributed by atoms with Gasteiger partial charge in [-0.2, -0.15) is 0 Å². The van der Waals surface area contributed by atoms with E-state index in [4.69, 9.17) is 4.74 Å². The Bertz CT molecular complexity index is 400. The maximum atomic E-state index is 9.21. The van der Waals surface area contributed by atoms with Gasteiger partial charge in [0.15, 0.2) is 0 Å². The molecule has 0 aliphatic carbocycles. The fraction of sp³-hybridized carbons (Fsp3) is 0.583. The molecule has 1 fully saturated rings. The summed E-state index contributed by atoms with van der Waals surface area (Å²) in [7, 11) is 0. The number of pyridine rings is 1. The lowest BCUT2D eigenvalue weighted by atomic mass is 10.2. The van der Waals surface area contributed by atoms with Crippen molar-refractivity contribution in [2.45, 2.75) is 26.1 Å². The summed E-state index contributed by atoms with van der Waals surface area (Å²) in [6.07, 6.45) is 1.78. The lowest BCUT2D eigenvalue weighted by Gasteiger charge is -2.37. The summed E-state index contributed by atoms with van der Waals surface area (Å²) in [6.45, 7) is 5.58. The van der Waals surface area contributed by atoms with Gasteiger partial charge in [0.1, 0.15) is 5.82 Å². The number of nitrogens with zero attached hydrogens (tertiary/aromatic N) is 2. The second-order valence-corrected chi connectivity index (χ2v) is 5.21. The van der Waals surface area contributed by atoms with Gasteiger partial charge in [0, 0.05) is 19.3 Å². The molecule has 0 aromatic carbocycles. The van der Waals surface area contributed by atoms with E-state index in [1.807, 2.05) is 26.1 Å². The normalized spacial score (nSPS) is 25.1. The second-order valence-electron chi connectivity index (χ2n) is 4.42. The average Bonchev–Trinajstić information content (AvgIpc) is 2.31. The summed E-state index contributed by atoms with van der Waals surface area (Å²) < 4.78 is 6.64. The first-order valence-electron chi connectivity index (χ1n) is 5.74. The van der Waals surface area contributed by atoms with Crippen LogP contribution in [0.1, 0.15) is 12.5 Å². The predicted octanol–water partition coefficient (Wildman–Crippen LogP) is 1.74. The molecule has 17 heavy (non-hydrogen) atoms. The molecular formula is C12H17BrN2O2. The largest absolute Gasteiger partial charge is 0.394 e. The molecule has 1 N–H and O–H groups in total. The quantitative estimate of drug-likeness (QED) is 0.904. The van der Waals surface area contributed by atoms with Crippen LogP contribution in [0.3, 0.4) is 0 Å². The number of aromatic nitrogens is 1. The van der Waals surface area contributed by atoms with Gasteiger partial charge in [-0.05, 0) is 41.4 Å². The van der Waals surface area contributed by atoms with E-state index >= 15 is 0 Å². The molecule has 4 nitrogen and oxygen atoms in total. The fourth-order valence-corrected chi connectivity index (χ4v) is 2.55. The van der Waals surface area contributed by atoms with Gasteiger partial charge in [-0.1, -0.05) is 0 Å². The van der Waals surface area contributed by atoms with Crippen LogP contribution in [0.2, 0.25) is 0 Å². The number of aliphatic hydroxyl groups is 1. The van der Waals surface area contributed by atoms with Crippen molar-refractivity contribution >= 4 is 21.7 Å². The number of morpholine rings is 1. The number of aliphatic hydroxyl groups excluding tert-OH is 1. The predicted molar refractivity (Wildman–Crippen MR) is 70.3 cm³/mol. The zero-order valence-corrected chi connectivity index (χ0v) is 11.6. The number of hydrogen-bond donors (Lipinski definition) is 1. The SMILES string of the molecule is Cc1ccnc(N2CC(C)OC(CO)C2)c1Br. The van der Waals surface area contributed by atoms with Crippen LogP contribution < -0.4 is 4.90 Å². The maximum Gasteiger partial charge on any atom is 0.143 e. The van der Waals surface area contributed by atoms with E-state index in [1.54, 1.807) is 0 Å². The molecule has 0 spiro atoms. The van der Waals surface area contributed by atoms with Crippen LogP contribution in [-0.2, 0) is 4.74 Å². The molecule has 1 aromatic heterocycles. The van der Waals surface area contributed by atoms with Crippen molar-refractivity contribution in [3.05, 3.63) is 22.3 Å². The molecule has 0 bridgehead atoms. The van der Waals surface area contributed by atoms with E-state index < -0.39 is 0 Å². The van der Waals surface area contributed by atoms with Crippen molar-refractivity contribution in [3.63, 3.8) is 0 Å². The Hall–Kier alpha value is -0.650. The standard InChI is InChI=1S/C12H17BrN2O2/c1-8-3-4-14-12(11(8)13)15-5-9(2)17-10(6-15)7-16/h3-4,9-10,16H,5-7H2,1-2H3. The molecule has 0 amide bonds. The van der Waals surface area contributed by atoms with E-state index in [9.17, 15) is 5.11 Å². The van der Waals surface area contributed by atoms with Gasteiger partial charge in [-0.3, -0.25) is 0 Å². The third-order valence-corrected chi connectivity index (χ3v) is 3.87. The highest BCUT2D eigenvalue weighted by Crippen LogP contribution is 2.28. The molecule has 0 saturated carbocycles. The molecule has 94 valence electrons. The van der Waals surface area contributed by atoms with Crippen LogP contribution in [-0.4, -0.2) is 42.0 Å². The van der Waals surface area contributed by atoms with Crippen molar-refractivity contribution in [2.75, 3.05) is 24.6 Å². The molecule has 0 radical (unpaired) electrons. The first kappa shape index (κ1) is 12.8. The average molecular weight is 301 g/mol. The number of rotatable bonds is 2. The Morgan fingerprint density at radius 1 is 1.59 bits per heavy atom. The highest BCUT2D eigenvalue weighted by atomic mass is 79.9. The van der Waals surface area contributed by atoms with Crippen LogP contribution in [0.4, 0.5) is 5.82 Å². The summed E-state index contributed by atoms with van der Waals surface area (Å²) >= 11 is 3.57. The van der Waals surface area contributed by atoms with Crippen LogP contribution in [0.25, 0.3) is 0 Å². The Kier molecular flexibility index (Phi) is 4.01. The molecule has 2 rings (SSSR count). The van der Waals surface area contributed by atoms with E-state index in [-0.39, 0.29) is 18.8 Å². The molecule has 1 aliphatic rings. The zero-order valence-electron chi connectivity index (χ0n) is 10.1. The van der Waals surface area contributed by atoms with Gasteiger partial charge >= 0.3 is 0 Å². The van der Waals surface area contributed by atoms with E-state index in [0.717, 1.165) is 22.4 Å². The molecular weight excluding hydrogens is 284 g/mol. The van der Waals surface area contributed by atoms with Crippen molar-refractivity contribution < 1.29 is 9.84 Å². The zero-order chi connectivity index (χ0) is 12.4. The van der Waals surface area contributed by atoms with Crippen LogP contribution in [0.15, 0.2) is 16.7 Å². The summed E-state index contributed by atoms with van der Waals surface area (Å²) in [6, 6.07) is 1.97. The van der Waals surface area contributed by atoms with Gasteiger partial charge in [0.2, 0.25) is 0 Å². The summed E-state index contributed by atoms with van der Waals surface area (Å²) in [5.74, 6) is 0.929. The summed E-state index contributed by atoms with van der Waals surface area (Å²) in [5.41, 5.74) is 1.16. The molecule has 2 unspecified atom stereocenters. The van der Waals surface area contributed by atoms with Crippen LogP contribution in [0, 0.1) is 6.92 Å². The van der Waals surface area contributed by atoms with Crippen LogP contribution in [0.5, 0.6) is 0 Å². The van der Waals surface area contributed by atoms with Crippen LogP contribution >= 0.6 is 15.9 Å². The monoisotopic (exact) mass is 300 g/mol. The number of aryl methyl sites for hydroxylation is 1. The highest BCUT2D eigenvalue weighted by Gasteiger charge is 2.26. The Balaban J connectivity index is 2.23. The summed E-state index contributed by atoms with van der Waals surface area (Å²) in [5, 5.41) is 9.21. The van der Waals surface area contributed by atoms with Crippen molar-refractivity contribution in [2.24, 2.45) is 0 Å². The topological polar surface area (TPSA) is 45.6 Å². The van der Waals surface area contributed by atoms with Crippen molar-refractivity contribution in [3.8, 4) is 0 Å². The molecule has 1 aliphatic heterocycles. The number of ether oxygens (including phenoxy) is 1. The molecule has 5 heteroatoms.